The Balaban J connectivity index is 1.57. The fraction of sp³-hybridized carbons (Fsp3) is 0.111. The molecule has 0 aliphatic rings. The normalized spacial score (nSPS) is 11.2. The third-order valence-electron chi connectivity index (χ3n) is 5.24. The van der Waals surface area contributed by atoms with Crippen molar-refractivity contribution in [3.05, 3.63) is 99.5 Å². The minimum atomic E-state index is -0.281. The number of aliphatic imine (C=N–C) groups is 1. The molecule has 0 aliphatic carbocycles. The summed E-state index contributed by atoms with van der Waals surface area (Å²) in [6.07, 6.45) is 1.75. The summed E-state index contributed by atoms with van der Waals surface area (Å²) in [4.78, 5) is 17.1. The number of aryl methyl sites for hydroxylation is 2. The maximum absolute atomic E-state index is 12.5. The van der Waals surface area contributed by atoms with Crippen LogP contribution in [-0.2, 0) is 4.79 Å². The van der Waals surface area contributed by atoms with Gasteiger partial charge in [0.1, 0.15) is 5.75 Å². The van der Waals surface area contributed by atoms with Crippen molar-refractivity contribution in [3.8, 4) is 5.75 Å². The van der Waals surface area contributed by atoms with E-state index < -0.39 is 0 Å². The van der Waals surface area contributed by atoms with E-state index in [1.807, 2.05) is 74.5 Å². The zero-order valence-electron chi connectivity index (χ0n) is 18.2. The van der Waals surface area contributed by atoms with Crippen molar-refractivity contribution < 1.29 is 9.53 Å². The molecule has 4 nitrogen and oxygen atoms in total. The zero-order valence-corrected chi connectivity index (χ0v) is 19.7. The van der Waals surface area contributed by atoms with Crippen LogP contribution < -0.4 is 10.1 Å². The van der Waals surface area contributed by atoms with Crippen LogP contribution in [0.1, 0.15) is 16.7 Å². The summed E-state index contributed by atoms with van der Waals surface area (Å²) in [6.45, 7) is 3.70. The molecule has 4 rings (SSSR count). The van der Waals surface area contributed by atoms with E-state index in [2.05, 4.69) is 10.3 Å². The number of carbonyl (C=O) groups excluding carboxylic acids is 1. The predicted molar refractivity (Wildman–Crippen MR) is 138 cm³/mol. The molecule has 0 fully saturated rings. The van der Waals surface area contributed by atoms with E-state index in [9.17, 15) is 4.79 Å². The third-order valence-corrected chi connectivity index (χ3v) is 6.06. The molecule has 1 N–H and O–H groups in total. The number of carbonyl (C=O) groups is 1. The van der Waals surface area contributed by atoms with Crippen molar-refractivity contribution in [2.45, 2.75) is 13.8 Å². The summed E-state index contributed by atoms with van der Waals surface area (Å²) in [5, 5.41) is 6.09. The van der Waals surface area contributed by atoms with Crippen LogP contribution in [0, 0.1) is 13.8 Å². The Kier molecular flexibility index (Phi) is 6.97. The minimum Gasteiger partial charge on any atom is -0.483 e. The molecule has 166 valence electrons. The molecule has 4 aromatic rings. The average molecular weight is 477 g/mol. The third kappa shape index (κ3) is 5.54. The second kappa shape index (κ2) is 10.1. The van der Waals surface area contributed by atoms with E-state index in [1.54, 1.807) is 18.3 Å². The lowest BCUT2D eigenvalue weighted by atomic mass is 10.0. The van der Waals surface area contributed by atoms with Crippen LogP contribution in [0.3, 0.4) is 0 Å². The molecule has 0 aliphatic heterocycles. The van der Waals surface area contributed by atoms with E-state index in [-0.39, 0.29) is 12.5 Å². The van der Waals surface area contributed by atoms with Gasteiger partial charge in [0.15, 0.2) is 6.61 Å². The lowest BCUT2D eigenvalue weighted by Crippen LogP contribution is -2.20. The number of benzene rings is 4. The first-order chi connectivity index (χ1) is 15.9. The molecular formula is C27H22Cl2N2O2. The first kappa shape index (κ1) is 22.8. The predicted octanol–water partition coefficient (Wildman–Crippen LogP) is 7.53. The zero-order chi connectivity index (χ0) is 23.4. The fourth-order valence-electron chi connectivity index (χ4n) is 3.35. The fourth-order valence-corrected chi connectivity index (χ4v) is 3.70. The van der Waals surface area contributed by atoms with Gasteiger partial charge in [-0.05, 0) is 66.1 Å². The molecule has 6 heteroatoms. The summed E-state index contributed by atoms with van der Waals surface area (Å²) in [6, 6.07) is 22.8. The summed E-state index contributed by atoms with van der Waals surface area (Å²) in [5.74, 6) is 0.282. The first-order valence-corrected chi connectivity index (χ1v) is 11.2. The quantitative estimate of drug-likeness (QED) is 0.292. The second-order valence-corrected chi connectivity index (χ2v) is 8.51. The molecular weight excluding hydrogens is 455 g/mol. The van der Waals surface area contributed by atoms with Crippen LogP contribution in [0.15, 0.2) is 77.8 Å². The van der Waals surface area contributed by atoms with Gasteiger partial charge < -0.3 is 10.1 Å². The highest BCUT2D eigenvalue weighted by Crippen LogP contribution is 2.28. The van der Waals surface area contributed by atoms with Crippen molar-refractivity contribution >= 4 is 57.5 Å². The van der Waals surface area contributed by atoms with Crippen molar-refractivity contribution in [2.75, 3.05) is 11.9 Å². The molecule has 33 heavy (non-hydrogen) atoms. The number of anilines is 1. The van der Waals surface area contributed by atoms with E-state index >= 15 is 0 Å². The van der Waals surface area contributed by atoms with Gasteiger partial charge >= 0.3 is 0 Å². The standard InChI is InChI=1S/C27H22Cl2N2O2/c1-17-7-10-20(13-24(17)28)30-15-23-22-6-4-3-5-19(22)9-12-26(23)33-16-27(32)31-21-11-8-18(2)25(29)14-21/h3-15H,16H2,1-2H3,(H,31,32). The van der Waals surface area contributed by atoms with E-state index in [0.717, 1.165) is 33.2 Å². The summed E-state index contributed by atoms with van der Waals surface area (Å²) >= 11 is 12.4. The number of rotatable bonds is 6. The summed E-state index contributed by atoms with van der Waals surface area (Å²) in [5.41, 5.74) is 4.08. The number of halogens is 2. The number of hydrogen-bond acceptors (Lipinski definition) is 3. The molecule has 1 amide bonds. The van der Waals surface area contributed by atoms with Crippen LogP contribution in [0.25, 0.3) is 10.8 Å². The molecule has 4 aromatic carbocycles. The first-order valence-electron chi connectivity index (χ1n) is 10.4. The lowest BCUT2D eigenvalue weighted by molar-refractivity contribution is -0.118. The number of nitrogens with zero attached hydrogens (tertiary/aromatic N) is 1. The molecule has 0 saturated heterocycles. The van der Waals surface area contributed by atoms with Crippen molar-refractivity contribution in [1.82, 2.24) is 0 Å². The molecule has 0 saturated carbocycles. The molecule has 0 atom stereocenters. The Morgan fingerprint density at radius 2 is 1.67 bits per heavy atom. The lowest BCUT2D eigenvalue weighted by Gasteiger charge is -2.12. The number of fused-ring (bicyclic) bond motifs is 1. The highest BCUT2D eigenvalue weighted by molar-refractivity contribution is 6.32. The Hall–Kier alpha value is -3.34. The SMILES string of the molecule is Cc1ccc(N=Cc2c(OCC(=O)Nc3ccc(C)c(Cl)c3)ccc3ccccc23)cc1Cl. The van der Waals surface area contributed by atoms with Crippen LogP contribution >= 0.6 is 23.2 Å². The Labute approximate surface area is 202 Å². The van der Waals surface area contributed by atoms with E-state index in [4.69, 9.17) is 27.9 Å². The number of hydrogen-bond donors (Lipinski definition) is 1. The van der Waals surface area contributed by atoms with Gasteiger partial charge in [-0.2, -0.15) is 0 Å². The second-order valence-electron chi connectivity index (χ2n) is 7.69. The van der Waals surface area contributed by atoms with E-state index in [1.165, 1.54) is 0 Å². The van der Waals surface area contributed by atoms with Gasteiger partial charge in [0.25, 0.3) is 5.91 Å². The van der Waals surface area contributed by atoms with E-state index in [0.29, 0.717) is 21.5 Å². The number of amides is 1. The molecule has 0 aromatic heterocycles. The number of ether oxygens (including phenoxy) is 1. The van der Waals surface area contributed by atoms with Crippen molar-refractivity contribution in [1.29, 1.82) is 0 Å². The van der Waals surface area contributed by atoms with Crippen LogP contribution in [0.2, 0.25) is 10.0 Å². The number of nitrogens with one attached hydrogen (secondary N) is 1. The maximum Gasteiger partial charge on any atom is 0.262 e. The molecule has 0 heterocycles. The van der Waals surface area contributed by atoms with Crippen molar-refractivity contribution in [3.63, 3.8) is 0 Å². The van der Waals surface area contributed by atoms with Crippen LogP contribution in [0.5, 0.6) is 5.75 Å². The van der Waals surface area contributed by atoms with Gasteiger partial charge in [0, 0.05) is 27.5 Å². The molecule has 0 bridgehead atoms. The largest absolute Gasteiger partial charge is 0.483 e. The Bertz CT molecular complexity index is 1370. The maximum atomic E-state index is 12.5. The summed E-state index contributed by atoms with van der Waals surface area (Å²) < 4.78 is 5.90. The Morgan fingerprint density at radius 3 is 2.42 bits per heavy atom. The van der Waals surface area contributed by atoms with Gasteiger partial charge in [-0.1, -0.05) is 65.7 Å². The highest BCUT2D eigenvalue weighted by atomic mass is 35.5. The molecule has 0 unspecified atom stereocenters. The van der Waals surface area contributed by atoms with Gasteiger partial charge in [0.2, 0.25) is 0 Å². The topological polar surface area (TPSA) is 50.7 Å². The van der Waals surface area contributed by atoms with Crippen LogP contribution in [0.4, 0.5) is 11.4 Å². The monoisotopic (exact) mass is 476 g/mol. The van der Waals surface area contributed by atoms with Gasteiger partial charge in [-0.15, -0.1) is 0 Å². The van der Waals surface area contributed by atoms with Gasteiger partial charge in [-0.25, -0.2) is 0 Å². The average Bonchev–Trinajstić information content (AvgIpc) is 2.81. The highest BCUT2D eigenvalue weighted by Gasteiger charge is 2.11. The van der Waals surface area contributed by atoms with Gasteiger partial charge in [-0.3, -0.25) is 9.79 Å². The Morgan fingerprint density at radius 1 is 0.939 bits per heavy atom. The molecule has 0 radical (unpaired) electrons. The minimum absolute atomic E-state index is 0.152. The summed E-state index contributed by atoms with van der Waals surface area (Å²) in [7, 11) is 0. The smallest absolute Gasteiger partial charge is 0.262 e. The van der Waals surface area contributed by atoms with Crippen molar-refractivity contribution in [2.24, 2.45) is 4.99 Å². The molecule has 0 spiro atoms. The van der Waals surface area contributed by atoms with Crippen LogP contribution in [-0.4, -0.2) is 18.7 Å². The van der Waals surface area contributed by atoms with Gasteiger partial charge in [0.05, 0.1) is 5.69 Å².